The van der Waals surface area contributed by atoms with E-state index in [0.717, 1.165) is 32.5 Å². The largest absolute Gasteiger partial charge is 0.444 e. The van der Waals surface area contributed by atoms with Gasteiger partial charge in [-0.1, -0.05) is 0 Å². The van der Waals surface area contributed by atoms with Crippen LogP contribution in [0.15, 0.2) is 0 Å². The molecule has 5 nitrogen and oxygen atoms in total. The Morgan fingerprint density at radius 3 is 2.72 bits per heavy atom. The van der Waals surface area contributed by atoms with Gasteiger partial charge in [0.2, 0.25) is 0 Å². The number of rotatable bonds is 3. The highest BCUT2D eigenvalue weighted by Gasteiger charge is 2.40. The van der Waals surface area contributed by atoms with Crippen molar-refractivity contribution in [1.29, 1.82) is 0 Å². The Labute approximate surface area is 109 Å². The lowest BCUT2D eigenvalue weighted by atomic mass is 10.1. The van der Waals surface area contributed by atoms with Crippen LogP contribution in [0.3, 0.4) is 0 Å². The summed E-state index contributed by atoms with van der Waals surface area (Å²) in [6.45, 7) is 7.27. The Kier molecular flexibility index (Phi) is 4.12. The van der Waals surface area contributed by atoms with E-state index in [1.54, 1.807) is 0 Å². The number of amides is 1. The number of carbonyl (C=O) groups excluding carboxylic acids is 1. The Balaban J connectivity index is 1.63. The minimum atomic E-state index is -0.431. The monoisotopic (exact) mass is 256 g/mol. The van der Waals surface area contributed by atoms with Crippen molar-refractivity contribution in [3.63, 3.8) is 0 Å². The second kappa shape index (κ2) is 5.45. The van der Waals surface area contributed by atoms with Gasteiger partial charge < -0.3 is 20.1 Å². The third-order valence-electron chi connectivity index (χ3n) is 3.10. The number of carbonyl (C=O) groups is 1. The molecule has 18 heavy (non-hydrogen) atoms. The van der Waals surface area contributed by atoms with E-state index in [0.29, 0.717) is 12.1 Å². The van der Waals surface area contributed by atoms with Gasteiger partial charge in [-0.3, -0.25) is 0 Å². The summed E-state index contributed by atoms with van der Waals surface area (Å²) in [5.74, 6) is 0. The molecule has 0 bridgehead atoms. The summed E-state index contributed by atoms with van der Waals surface area (Å²) in [6.07, 6.45) is 2.94. The van der Waals surface area contributed by atoms with Crippen LogP contribution >= 0.6 is 0 Å². The van der Waals surface area contributed by atoms with Crippen molar-refractivity contribution in [2.75, 3.05) is 13.2 Å². The lowest BCUT2D eigenvalue weighted by Crippen LogP contribution is -2.42. The Bertz CT molecular complexity index is 295. The van der Waals surface area contributed by atoms with E-state index < -0.39 is 5.60 Å². The van der Waals surface area contributed by atoms with Crippen LogP contribution in [-0.4, -0.2) is 43.0 Å². The van der Waals surface area contributed by atoms with Gasteiger partial charge in [-0.2, -0.15) is 0 Å². The first-order valence-electron chi connectivity index (χ1n) is 6.77. The average Bonchev–Trinajstić information content (AvgIpc) is 2.94. The molecule has 0 spiro atoms. The highest BCUT2D eigenvalue weighted by Crippen LogP contribution is 2.23. The van der Waals surface area contributed by atoms with Crippen LogP contribution in [-0.2, 0) is 9.47 Å². The van der Waals surface area contributed by atoms with Crippen LogP contribution in [0.25, 0.3) is 0 Å². The summed E-state index contributed by atoms with van der Waals surface area (Å²) in [7, 11) is 0. The summed E-state index contributed by atoms with van der Waals surface area (Å²) in [5.41, 5.74) is -0.431. The second-order valence-electron chi connectivity index (χ2n) is 6.18. The second-order valence-corrected chi connectivity index (χ2v) is 6.18. The average molecular weight is 256 g/mol. The quantitative estimate of drug-likeness (QED) is 0.802. The van der Waals surface area contributed by atoms with E-state index in [2.05, 4.69) is 10.6 Å². The zero-order chi connectivity index (χ0) is 13.2. The number of hydrogen-bond acceptors (Lipinski definition) is 4. The third kappa shape index (κ3) is 4.46. The lowest BCUT2D eigenvalue weighted by molar-refractivity contribution is 0.0518. The van der Waals surface area contributed by atoms with Gasteiger partial charge in [0.25, 0.3) is 0 Å². The van der Waals surface area contributed by atoms with E-state index in [9.17, 15) is 4.79 Å². The van der Waals surface area contributed by atoms with Crippen LogP contribution < -0.4 is 10.6 Å². The standard InChI is InChI=1S/C13H24N2O3/c1-13(2,3)18-12(16)15-11-7-10(11)14-9-5-4-6-17-8-9/h9-11,14H,4-8H2,1-3H3,(H,15,16). The molecule has 0 aromatic rings. The van der Waals surface area contributed by atoms with Gasteiger partial charge in [0.1, 0.15) is 5.60 Å². The molecule has 1 aliphatic carbocycles. The number of hydrogen-bond donors (Lipinski definition) is 2. The molecule has 1 saturated heterocycles. The maximum Gasteiger partial charge on any atom is 0.407 e. The fourth-order valence-electron chi connectivity index (χ4n) is 2.17. The molecule has 5 heteroatoms. The Morgan fingerprint density at radius 1 is 1.33 bits per heavy atom. The predicted molar refractivity (Wildman–Crippen MR) is 68.5 cm³/mol. The summed E-state index contributed by atoms with van der Waals surface area (Å²) in [5, 5.41) is 6.40. The number of ether oxygens (including phenoxy) is 2. The minimum Gasteiger partial charge on any atom is -0.444 e. The van der Waals surface area contributed by atoms with Crippen molar-refractivity contribution >= 4 is 6.09 Å². The summed E-state index contributed by atoms with van der Waals surface area (Å²) in [4.78, 5) is 11.6. The summed E-state index contributed by atoms with van der Waals surface area (Å²) in [6, 6.07) is 1.03. The number of alkyl carbamates (subject to hydrolysis) is 1. The van der Waals surface area contributed by atoms with E-state index in [-0.39, 0.29) is 12.1 Å². The van der Waals surface area contributed by atoms with Crippen LogP contribution in [0.5, 0.6) is 0 Å². The maximum absolute atomic E-state index is 11.6. The van der Waals surface area contributed by atoms with Gasteiger partial charge in [-0.15, -0.1) is 0 Å². The van der Waals surface area contributed by atoms with Crippen molar-refractivity contribution in [2.24, 2.45) is 0 Å². The van der Waals surface area contributed by atoms with Crippen molar-refractivity contribution < 1.29 is 14.3 Å². The molecular weight excluding hydrogens is 232 g/mol. The van der Waals surface area contributed by atoms with Crippen molar-refractivity contribution in [1.82, 2.24) is 10.6 Å². The fraction of sp³-hybridized carbons (Fsp3) is 0.923. The minimum absolute atomic E-state index is 0.210. The van der Waals surface area contributed by atoms with Crippen LogP contribution in [0.1, 0.15) is 40.0 Å². The predicted octanol–water partition coefficient (Wildman–Crippen LogP) is 1.42. The highest BCUT2D eigenvalue weighted by molar-refractivity contribution is 5.68. The topological polar surface area (TPSA) is 59.6 Å². The molecule has 104 valence electrons. The molecule has 1 aliphatic heterocycles. The zero-order valence-electron chi connectivity index (χ0n) is 11.5. The first-order chi connectivity index (χ1) is 8.44. The van der Waals surface area contributed by atoms with Gasteiger partial charge in [0.05, 0.1) is 6.61 Å². The molecule has 2 fully saturated rings. The number of nitrogens with one attached hydrogen (secondary N) is 2. The van der Waals surface area contributed by atoms with E-state index in [1.165, 1.54) is 0 Å². The zero-order valence-corrected chi connectivity index (χ0v) is 11.5. The molecule has 3 unspecified atom stereocenters. The Hall–Kier alpha value is -0.810. The van der Waals surface area contributed by atoms with E-state index >= 15 is 0 Å². The van der Waals surface area contributed by atoms with Crippen molar-refractivity contribution in [3.8, 4) is 0 Å². The molecule has 2 rings (SSSR count). The van der Waals surface area contributed by atoms with E-state index in [4.69, 9.17) is 9.47 Å². The normalized spacial score (nSPS) is 31.8. The van der Waals surface area contributed by atoms with Crippen LogP contribution in [0.4, 0.5) is 4.79 Å². The first kappa shape index (κ1) is 13.6. The summed E-state index contributed by atoms with van der Waals surface area (Å²) >= 11 is 0. The smallest absolute Gasteiger partial charge is 0.407 e. The van der Waals surface area contributed by atoms with Gasteiger partial charge in [0.15, 0.2) is 0 Å². The molecule has 3 atom stereocenters. The molecule has 2 N–H and O–H groups in total. The Morgan fingerprint density at radius 2 is 2.11 bits per heavy atom. The molecule has 1 amide bonds. The SMILES string of the molecule is CC(C)(C)OC(=O)NC1CC1NC1CCCOC1. The van der Waals surface area contributed by atoms with Gasteiger partial charge in [-0.25, -0.2) is 4.79 Å². The maximum atomic E-state index is 11.6. The van der Waals surface area contributed by atoms with Crippen LogP contribution in [0.2, 0.25) is 0 Å². The van der Waals surface area contributed by atoms with E-state index in [1.807, 2.05) is 20.8 Å². The molecule has 2 aliphatic rings. The molecule has 0 aromatic carbocycles. The highest BCUT2D eigenvalue weighted by atomic mass is 16.6. The van der Waals surface area contributed by atoms with Gasteiger partial charge in [-0.05, 0) is 40.0 Å². The fourth-order valence-corrected chi connectivity index (χ4v) is 2.17. The molecule has 0 aromatic heterocycles. The van der Waals surface area contributed by atoms with Gasteiger partial charge >= 0.3 is 6.09 Å². The summed E-state index contributed by atoms with van der Waals surface area (Å²) < 4.78 is 10.6. The molecule has 1 heterocycles. The third-order valence-corrected chi connectivity index (χ3v) is 3.10. The molecule has 0 radical (unpaired) electrons. The van der Waals surface area contributed by atoms with Crippen molar-refractivity contribution in [3.05, 3.63) is 0 Å². The molecular formula is C13H24N2O3. The molecule has 1 saturated carbocycles. The van der Waals surface area contributed by atoms with Gasteiger partial charge in [0, 0.05) is 24.7 Å². The first-order valence-corrected chi connectivity index (χ1v) is 6.77. The van der Waals surface area contributed by atoms with Crippen molar-refractivity contribution in [2.45, 2.75) is 63.8 Å². The lowest BCUT2D eigenvalue weighted by Gasteiger charge is -2.23. The van der Waals surface area contributed by atoms with Crippen LogP contribution in [0, 0.1) is 0 Å².